The summed E-state index contributed by atoms with van der Waals surface area (Å²) in [7, 11) is 1.59. The highest BCUT2D eigenvalue weighted by molar-refractivity contribution is 6.30. The van der Waals surface area contributed by atoms with Gasteiger partial charge in [-0.3, -0.25) is 9.59 Å². The number of piperazine rings is 1. The summed E-state index contributed by atoms with van der Waals surface area (Å²) in [4.78, 5) is 28.5. The highest BCUT2D eigenvalue weighted by Gasteiger charge is 2.23. The van der Waals surface area contributed by atoms with Crippen molar-refractivity contribution in [1.82, 2.24) is 9.80 Å². The molecule has 5 nitrogen and oxygen atoms in total. The lowest BCUT2D eigenvalue weighted by Gasteiger charge is -2.34. The Bertz CT molecular complexity index is 841. The lowest BCUT2D eigenvalue weighted by atomic mass is 10.1. The third kappa shape index (κ3) is 4.89. The van der Waals surface area contributed by atoms with Crippen LogP contribution in [-0.4, -0.2) is 54.9 Å². The third-order valence-corrected chi connectivity index (χ3v) is 4.72. The number of rotatable bonds is 4. The highest BCUT2D eigenvalue weighted by atomic mass is 35.5. The second-order valence-electron chi connectivity index (χ2n) is 6.23. The Morgan fingerprint density at radius 3 is 2.30 bits per heavy atom. The largest absolute Gasteiger partial charge is 0.497 e. The molecule has 0 unspecified atom stereocenters. The van der Waals surface area contributed by atoms with Crippen molar-refractivity contribution in [3.63, 3.8) is 0 Å². The van der Waals surface area contributed by atoms with Crippen LogP contribution in [0.5, 0.6) is 5.75 Å². The van der Waals surface area contributed by atoms with Crippen LogP contribution in [0.4, 0.5) is 0 Å². The predicted molar refractivity (Wildman–Crippen MR) is 106 cm³/mol. The topological polar surface area (TPSA) is 49.9 Å². The number of carbonyl (C=O) groups is 2. The van der Waals surface area contributed by atoms with E-state index in [9.17, 15) is 9.59 Å². The van der Waals surface area contributed by atoms with Gasteiger partial charge in [-0.25, -0.2) is 0 Å². The molecule has 2 amide bonds. The van der Waals surface area contributed by atoms with E-state index in [1.165, 1.54) is 0 Å². The molecule has 0 aromatic heterocycles. The van der Waals surface area contributed by atoms with Crippen molar-refractivity contribution in [2.75, 3.05) is 33.3 Å². The number of amides is 2. The van der Waals surface area contributed by atoms with Gasteiger partial charge < -0.3 is 14.5 Å². The Labute approximate surface area is 163 Å². The number of halogens is 1. The third-order valence-electron chi connectivity index (χ3n) is 4.48. The zero-order chi connectivity index (χ0) is 19.2. The van der Waals surface area contributed by atoms with E-state index in [0.717, 1.165) is 5.56 Å². The molecule has 1 aliphatic heterocycles. The molecular weight excluding hydrogens is 364 g/mol. The first-order valence-electron chi connectivity index (χ1n) is 8.73. The van der Waals surface area contributed by atoms with Gasteiger partial charge in [0.2, 0.25) is 5.91 Å². The summed E-state index contributed by atoms with van der Waals surface area (Å²) in [6, 6.07) is 14.4. The van der Waals surface area contributed by atoms with E-state index in [2.05, 4.69) is 0 Å². The lowest BCUT2D eigenvalue weighted by Crippen LogP contribution is -2.50. The van der Waals surface area contributed by atoms with E-state index < -0.39 is 0 Å². The van der Waals surface area contributed by atoms with Gasteiger partial charge in [-0.2, -0.15) is 0 Å². The van der Waals surface area contributed by atoms with Crippen molar-refractivity contribution in [3.8, 4) is 5.75 Å². The van der Waals surface area contributed by atoms with Crippen LogP contribution in [0, 0.1) is 0 Å². The second-order valence-corrected chi connectivity index (χ2v) is 6.67. The van der Waals surface area contributed by atoms with Crippen LogP contribution >= 0.6 is 11.6 Å². The van der Waals surface area contributed by atoms with Crippen molar-refractivity contribution in [3.05, 3.63) is 70.8 Å². The molecule has 27 heavy (non-hydrogen) atoms. The second kappa shape index (κ2) is 8.73. The summed E-state index contributed by atoms with van der Waals surface area (Å²) < 4.78 is 5.11. The van der Waals surface area contributed by atoms with Gasteiger partial charge in [-0.05, 0) is 48.0 Å². The van der Waals surface area contributed by atoms with Gasteiger partial charge in [0.15, 0.2) is 0 Å². The van der Waals surface area contributed by atoms with Crippen molar-refractivity contribution in [1.29, 1.82) is 0 Å². The molecule has 3 rings (SSSR count). The predicted octanol–water partition coefficient (Wildman–Crippen LogP) is 3.35. The summed E-state index contributed by atoms with van der Waals surface area (Å²) in [5.41, 5.74) is 1.50. The number of methoxy groups -OCH3 is 1. The average Bonchev–Trinajstić information content (AvgIpc) is 2.72. The van der Waals surface area contributed by atoms with Crippen molar-refractivity contribution >= 4 is 29.5 Å². The van der Waals surface area contributed by atoms with Gasteiger partial charge in [0.25, 0.3) is 5.91 Å². The van der Waals surface area contributed by atoms with Crippen LogP contribution in [0.2, 0.25) is 5.02 Å². The van der Waals surface area contributed by atoms with Gasteiger partial charge in [0.1, 0.15) is 5.75 Å². The Morgan fingerprint density at radius 2 is 1.67 bits per heavy atom. The maximum Gasteiger partial charge on any atom is 0.253 e. The fourth-order valence-electron chi connectivity index (χ4n) is 2.93. The molecular formula is C21H21ClN2O3. The molecule has 0 radical (unpaired) electrons. The summed E-state index contributed by atoms with van der Waals surface area (Å²) in [5, 5.41) is 0.634. The van der Waals surface area contributed by atoms with E-state index in [4.69, 9.17) is 16.3 Å². The molecule has 140 valence electrons. The van der Waals surface area contributed by atoms with Gasteiger partial charge >= 0.3 is 0 Å². The van der Waals surface area contributed by atoms with Crippen LogP contribution in [0.25, 0.3) is 6.08 Å². The first kappa shape index (κ1) is 19.0. The molecule has 0 saturated carbocycles. The van der Waals surface area contributed by atoms with Gasteiger partial charge in [0.05, 0.1) is 7.11 Å². The van der Waals surface area contributed by atoms with Crippen LogP contribution in [0.3, 0.4) is 0 Å². The molecule has 1 saturated heterocycles. The van der Waals surface area contributed by atoms with Crippen LogP contribution < -0.4 is 4.74 Å². The summed E-state index contributed by atoms with van der Waals surface area (Å²) in [6.07, 6.45) is 3.30. The molecule has 2 aromatic carbocycles. The number of hydrogen-bond donors (Lipinski definition) is 0. The van der Waals surface area contributed by atoms with E-state index in [-0.39, 0.29) is 11.8 Å². The normalized spacial score (nSPS) is 14.4. The number of ether oxygens (including phenoxy) is 1. The molecule has 0 atom stereocenters. The van der Waals surface area contributed by atoms with E-state index in [1.807, 2.05) is 12.1 Å². The standard InChI is InChI=1S/C21H21ClN2O3/c1-27-19-8-6-17(7-9-19)21(26)24-13-11-23(12-14-24)20(25)10-5-16-3-2-4-18(22)15-16/h2-10,15H,11-14H2,1H3/b10-5+. The van der Waals surface area contributed by atoms with Crippen LogP contribution in [-0.2, 0) is 4.79 Å². The molecule has 2 aromatic rings. The maximum absolute atomic E-state index is 12.6. The number of hydrogen-bond acceptors (Lipinski definition) is 3. The fourth-order valence-corrected chi connectivity index (χ4v) is 3.13. The Balaban J connectivity index is 1.54. The first-order chi connectivity index (χ1) is 13.1. The SMILES string of the molecule is COc1ccc(C(=O)N2CCN(C(=O)/C=C/c3cccc(Cl)c3)CC2)cc1. The van der Waals surface area contributed by atoms with E-state index in [1.54, 1.807) is 65.5 Å². The molecule has 0 spiro atoms. The van der Waals surface area contributed by atoms with Crippen LogP contribution in [0.15, 0.2) is 54.6 Å². The first-order valence-corrected chi connectivity index (χ1v) is 9.10. The van der Waals surface area contributed by atoms with Crippen molar-refractivity contribution in [2.24, 2.45) is 0 Å². The van der Waals surface area contributed by atoms with E-state index >= 15 is 0 Å². The average molecular weight is 385 g/mol. The monoisotopic (exact) mass is 384 g/mol. The maximum atomic E-state index is 12.6. The minimum atomic E-state index is -0.0634. The summed E-state index contributed by atoms with van der Waals surface area (Å²) in [5.74, 6) is 0.624. The smallest absolute Gasteiger partial charge is 0.253 e. The van der Waals surface area contributed by atoms with Crippen molar-refractivity contribution < 1.29 is 14.3 Å². The Kier molecular flexibility index (Phi) is 6.14. The quantitative estimate of drug-likeness (QED) is 0.759. The minimum absolute atomic E-state index is 0.0285. The van der Waals surface area contributed by atoms with Crippen molar-refractivity contribution in [2.45, 2.75) is 0 Å². The fraction of sp³-hybridized carbons (Fsp3) is 0.238. The molecule has 0 bridgehead atoms. The highest BCUT2D eigenvalue weighted by Crippen LogP contribution is 2.15. The van der Waals surface area contributed by atoms with Gasteiger partial charge in [-0.15, -0.1) is 0 Å². The minimum Gasteiger partial charge on any atom is -0.497 e. The number of benzene rings is 2. The molecule has 6 heteroatoms. The zero-order valence-electron chi connectivity index (χ0n) is 15.1. The number of nitrogens with zero attached hydrogens (tertiary/aromatic N) is 2. The Hall–Kier alpha value is -2.79. The molecule has 1 fully saturated rings. The zero-order valence-corrected chi connectivity index (χ0v) is 15.9. The van der Waals surface area contributed by atoms with E-state index in [0.29, 0.717) is 42.5 Å². The summed E-state index contributed by atoms with van der Waals surface area (Å²) >= 11 is 5.95. The molecule has 1 aliphatic rings. The van der Waals surface area contributed by atoms with Gasteiger partial charge in [-0.1, -0.05) is 23.7 Å². The number of carbonyl (C=O) groups excluding carboxylic acids is 2. The molecule has 0 aliphatic carbocycles. The Morgan fingerprint density at radius 1 is 1.00 bits per heavy atom. The van der Waals surface area contributed by atoms with Gasteiger partial charge in [0, 0.05) is 42.8 Å². The summed E-state index contributed by atoms with van der Waals surface area (Å²) in [6.45, 7) is 2.06. The molecule has 0 N–H and O–H groups in total. The lowest BCUT2D eigenvalue weighted by molar-refractivity contribution is -0.127. The molecule has 1 heterocycles. The van der Waals surface area contributed by atoms with Crippen LogP contribution in [0.1, 0.15) is 15.9 Å².